The van der Waals surface area contributed by atoms with Crippen molar-refractivity contribution in [2.24, 2.45) is 11.3 Å². The molecule has 1 aromatic carbocycles. The first kappa shape index (κ1) is 13.2. The molecule has 0 radical (unpaired) electrons. The van der Waals surface area contributed by atoms with E-state index in [0.29, 0.717) is 11.5 Å². The molecule has 1 heteroatoms. The van der Waals surface area contributed by atoms with E-state index < -0.39 is 0 Å². The minimum Gasteiger partial charge on any atom is -0.490 e. The first-order valence-electron chi connectivity index (χ1n) is 8.23. The summed E-state index contributed by atoms with van der Waals surface area (Å²) in [6.45, 7) is 6.90. The lowest BCUT2D eigenvalue weighted by Crippen LogP contribution is -2.52. The van der Waals surface area contributed by atoms with Crippen LogP contribution >= 0.6 is 0 Å². The van der Waals surface area contributed by atoms with Gasteiger partial charge in [-0.05, 0) is 52.0 Å². The van der Waals surface area contributed by atoms with Crippen LogP contribution in [0.2, 0.25) is 0 Å². The third-order valence-corrected chi connectivity index (χ3v) is 6.14. The molecule has 4 rings (SSSR count). The number of benzene rings is 1. The molecule has 1 spiro atoms. The zero-order valence-corrected chi connectivity index (χ0v) is 13.3. The Hall–Kier alpha value is -1.50. The van der Waals surface area contributed by atoms with Gasteiger partial charge in [0.25, 0.3) is 0 Å². The summed E-state index contributed by atoms with van der Waals surface area (Å²) in [6.07, 6.45) is 5.40. The fourth-order valence-corrected chi connectivity index (χ4v) is 4.74. The maximum atomic E-state index is 6.41. The van der Waals surface area contributed by atoms with Crippen LogP contribution in [0.5, 0.6) is 0 Å². The molecule has 0 amide bonds. The maximum Gasteiger partial charge on any atom is 0.127 e. The van der Waals surface area contributed by atoms with E-state index in [4.69, 9.17) is 4.74 Å². The molecular formula is C20H24O. The largest absolute Gasteiger partial charge is 0.490 e. The topological polar surface area (TPSA) is 9.23 Å². The average Bonchev–Trinajstić information content (AvgIpc) is 2.46. The fourth-order valence-electron chi connectivity index (χ4n) is 4.74. The van der Waals surface area contributed by atoms with Crippen molar-refractivity contribution in [1.29, 1.82) is 0 Å². The Morgan fingerprint density at radius 2 is 1.86 bits per heavy atom. The Morgan fingerprint density at radius 1 is 1.10 bits per heavy atom. The summed E-state index contributed by atoms with van der Waals surface area (Å²) in [5.74, 6) is 1.91. The van der Waals surface area contributed by atoms with Crippen LogP contribution < -0.4 is 0 Å². The SMILES string of the molecule is CC1=C(C)C[C@@]23CC[C@@H]2[C@H](C)OC(c2ccccc2)=C3C1. The zero-order chi connectivity index (χ0) is 14.6. The monoisotopic (exact) mass is 280 g/mol. The molecule has 1 aromatic rings. The standard InChI is InChI=1S/C20H24O/c1-13-11-18-19(16-7-5-4-6-8-16)21-15(3)17-9-10-20(17,18)12-14(13)2/h4-8,15,17H,9-12H2,1-3H3/t15-,17+,20-/m0/s1. The van der Waals surface area contributed by atoms with Crippen molar-refractivity contribution in [1.82, 2.24) is 0 Å². The minimum absolute atomic E-state index is 0.351. The van der Waals surface area contributed by atoms with Crippen molar-refractivity contribution in [3.05, 3.63) is 52.6 Å². The quantitative estimate of drug-likeness (QED) is 0.631. The van der Waals surface area contributed by atoms with Gasteiger partial charge in [0.05, 0.1) is 6.10 Å². The first-order valence-corrected chi connectivity index (χ1v) is 8.23. The molecule has 3 aliphatic rings. The lowest BCUT2D eigenvalue weighted by Gasteiger charge is -2.59. The molecule has 1 fully saturated rings. The second-order valence-corrected chi connectivity index (χ2v) is 7.21. The van der Waals surface area contributed by atoms with Crippen molar-refractivity contribution in [3.8, 4) is 0 Å². The van der Waals surface area contributed by atoms with Crippen LogP contribution in [0.15, 0.2) is 47.1 Å². The molecule has 0 N–H and O–H groups in total. The fraction of sp³-hybridized carbons (Fsp3) is 0.500. The first-order chi connectivity index (χ1) is 10.1. The van der Waals surface area contributed by atoms with Crippen LogP contribution in [0.3, 0.4) is 0 Å². The second-order valence-electron chi connectivity index (χ2n) is 7.21. The molecule has 0 saturated heterocycles. The van der Waals surface area contributed by atoms with Gasteiger partial charge < -0.3 is 4.74 Å². The molecule has 1 saturated carbocycles. The van der Waals surface area contributed by atoms with Gasteiger partial charge in [0, 0.05) is 16.9 Å². The van der Waals surface area contributed by atoms with Crippen LogP contribution in [0.25, 0.3) is 5.76 Å². The van der Waals surface area contributed by atoms with E-state index in [1.165, 1.54) is 30.6 Å². The Bertz CT molecular complexity index is 637. The Kier molecular flexibility index (Phi) is 2.82. The van der Waals surface area contributed by atoms with Crippen LogP contribution in [0.1, 0.15) is 52.0 Å². The van der Waals surface area contributed by atoms with Gasteiger partial charge in [-0.25, -0.2) is 0 Å². The smallest absolute Gasteiger partial charge is 0.127 e. The van der Waals surface area contributed by atoms with E-state index in [1.54, 1.807) is 16.7 Å². The molecule has 21 heavy (non-hydrogen) atoms. The molecule has 0 aromatic heterocycles. The summed E-state index contributed by atoms with van der Waals surface area (Å²) < 4.78 is 6.41. The predicted molar refractivity (Wildman–Crippen MR) is 86.7 cm³/mol. The van der Waals surface area contributed by atoms with E-state index in [1.807, 2.05) is 0 Å². The van der Waals surface area contributed by atoms with Crippen molar-refractivity contribution in [2.75, 3.05) is 0 Å². The molecular weight excluding hydrogens is 256 g/mol. The van der Waals surface area contributed by atoms with Gasteiger partial charge in [0.1, 0.15) is 5.76 Å². The predicted octanol–water partition coefficient (Wildman–Crippen LogP) is 5.34. The average molecular weight is 280 g/mol. The van der Waals surface area contributed by atoms with Gasteiger partial charge in [0.15, 0.2) is 0 Å². The summed E-state index contributed by atoms with van der Waals surface area (Å²) in [4.78, 5) is 0. The van der Waals surface area contributed by atoms with Crippen LogP contribution in [0.4, 0.5) is 0 Å². The molecule has 110 valence electrons. The van der Waals surface area contributed by atoms with Crippen molar-refractivity contribution in [3.63, 3.8) is 0 Å². The molecule has 2 aliphatic carbocycles. The summed E-state index contributed by atoms with van der Waals surface area (Å²) in [7, 11) is 0. The highest BCUT2D eigenvalue weighted by atomic mass is 16.5. The van der Waals surface area contributed by atoms with Crippen molar-refractivity contribution in [2.45, 2.75) is 52.6 Å². The number of hydrogen-bond acceptors (Lipinski definition) is 1. The van der Waals surface area contributed by atoms with Crippen molar-refractivity contribution >= 4 is 5.76 Å². The molecule has 3 atom stereocenters. The van der Waals surface area contributed by atoms with Gasteiger partial charge >= 0.3 is 0 Å². The number of allylic oxidation sites excluding steroid dienone is 3. The summed E-state index contributed by atoms with van der Waals surface area (Å²) in [6, 6.07) is 10.7. The molecule has 1 nitrogen and oxygen atoms in total. The highest BCUT2D eigenvalue weighted by Gasteiger charge is 2.56. The summed E-state index contributed by atoms with van der Waals surface area (Å²) >= 11 is 0. The second kappa shape index (κ2) is 4.50. The maximum absolute atomic E-state index is 6.41. The van der Waals surface area contributed by atoms with Gasteiger partial charge in [0.2, 0.25) is 0 Å². The molecule has 1 heterocycles. The van der Waals surface area contributed by atoms with E-state index in [2.05, 4.69) is 51.1 Å². The van der Waals surface area contributed by atoms with E-state index in [9.17, 15) is 0 Å². The Balaban J connectivity index is 1.90. The van der Waals surface area contributed by atoms with Crippen LogP contribution in [-0.2, 0) is 4.74 Å². The number of rotatable bonds is 1. The van der Waals surface area contributed by atoms with Gasteiger partial charge in [-0.15, -0.1) is 0 Å². The normalized spacial score (nSPS) is 34.8. The van der Waals surface area contributed by atoms with Crippen LogP contribution in [-0.4, -0.2) is 6.10 Å². The van der Waals surface area contributed by atoms with E-state index >= 15 is 0 Å². The van der Waals surface area contributed by atoms with Gasteiger partial charge in [-0.1, -0.05) is 41.5 Å². The van der Waals surface area contributed by atoms with Crippen LogP contribution in [0, 0.1) is 11.3 Å². The van der Waals surface area contributed by atoms with Gasteiger partial charge in [-0.3, -0.25) is 0 Å². The van der Waals surface area contributed by atoms with Gasteiger partial charge in [-0.2, -0.15) is 0 Å². The van der Waals surface area contributed by atoms with Crippen molar-refractivity contribution < 1.29 is 4.74 Å². The van der Waals surface area contributed by atoms with E-state index in [0.717, 1.165) is 12.3 Å². The lowest BCUT2D eigenvalue weighted by molar-refractivity contribution is -0.0550. The van der Waals surface area contributed by atoms with E-state index in [-0.39, 0.29) is 0 Å². The number of hydrogen-bond donors (Lipinski definition) is 0. The zero-order valence-electron chi connectivity index (χ0n) is 13.3. The summed E-state index contributed by atoms with van der Waals surface area (Å²) in [5.41, 5.74) is 6.42. The third kappa shape index (κ3) is 1.76. The number of ether oxygens (including phenoxy) is 1. The highest BCUT2D eigenvalue weighted by molar-refractivity contribution is 5.68. The molecule has 0 unspecified atom stereocenters. The Labute approximate surface area is 127 Å². The molecule has 1 aliphatic heterocycles. The third-order valence-electron chi connectivity index (χ3n) is 6.14. The molecule has 0 bridgehead atoms. The minimum atomic E-state index is 0.351. The highest BCUT2D eigenvalue weighted by Crippen LogP contribution is 2.65. The summed E-state index contributed by atoms with van der Waals surface area (Å²) in [5, 5.41) is 0. The lowest BCUT2D eigenvalue weighted by atomic mass is 9.48. The Morgan fingerprint density at radius 3 is 2.52 bits per heavy atom.